The summed E-state index contributed by atoms with van der Waals surface area (Å²) in [5, 5.41) is 8.85. The smallest absolute Gasteiger partial charge is 0.351 e. The first-order chi connectivity index (χ1) is 8.72. The number of nitrogens with zero attached hydrogens (tertiary/aromatic N) is 2. The van der Waals surface area contributed by atoms with Gasteiger partial charge in [-0.2, -0.15) is 4.98 Å². The molecule has 0 aliphatic heterocycles. The summed E-state index contributed by atoms with van der Waals surface area (Å²) in [6, 6.07) is 1.56. The van der Waals surface area contributed by atoms with Crippen LogP contribution in [0, 0.1) is 0 Å². The number of rotatable bonds is 5. The van der Waals surface area contributed by atoms with E-state index in [1.807, 2.05) is 0 Å². The lowest BCUT2D eigenvalue weighted by molar-refractivity contribution is 0.00431. The largest absolute Gasteiger partial charge is 0.394 e. The topological polar surface area (TPSA) is 90.4 Å². The Morgan fingerprint density at radius 2 is 2.44 bits per heavy atom. The third-order valence-electron chi connectivity index (χ3n) is 2.86. The molecular weight excluding hydrogens is 234 g/mol. The molecule has 0 bridgehead atoms. The number of ether oxygens (including phenoxy) is 1. The highest BCUT2D eigenvalue weighted by atomic mass is 16.5. The molecule has 0 aromatic carbocycles. The van der Waals surface area contributed by atoms with Gasteiger partial charge in [-0.15, -0.1) is 0 Å². The molecule has 1 aliphatic rings. The van der Waals surface area contributed by atoms with E-state index in [1.54, 1.807) is 12.3 Å². The van der Waals surface area contributed by atoms with Gasteiger partial charge in [0.05, 0.1) is 13.2 Å². The maximum Gasteiger partial charge on any atom is 0.351 e. The predicted octanol–water partition coefficient (Wildman–Crippen LogP) is 0.443. The Morgan fingerprint density at radius 3 is 3.06 bits per heavy atom. The Labute approximate surface area is 105 Å². The van der Waals surface area contributed by atoms with Gasteiger partial charge in [0.2, 0.25) is 0 Å². The number of nitrogen functional groups attached to an aromatic ring is 1. The Balaban J connectivity index is 2.30. The summed E-state index contributed by atoms with van der Waals surface area (Å²) in [5.41, 5.74) is 6.08. The summed E-state index contributed by atoms with van der Waals surface area (Å²) in [5.74, 6) is 0.192. The lowest BCUT2D eigenvalue weighted by Gasteiger charge is -2.21. The number of aromatic nitrogens is 2. The highest BCUT2D eigenvalue weighted by Gasteiger charge is 2.20. The fraction of sp³-hybridized carbons (Fsp3) is 0.500. The van der Waals surface area contributed by atoms with Gasteiger partial charge in [-0.3, -0.25) is 4.57 Å². The van der Waals surface area contributed by atoms with Gasteiger partial charge in [-0.1, -0.05) is 6.08 Å². The molecule has 0 fully saturated rings. The number of aliphatic hydroxyl groups excluding tert-OH is 1. The average molecular weight is 251 g/mol. The Hall–Kier alpha value is -1.66. The molecule has 1 heterocycles. The van der Waals surface area contributed by atoms with E-state index >= 15 is 0 Å². The van der Waals surface area contributed by atoms with Crippen LogP contribution in [-0.4, -0.2) is 27.9 Å². The highest BCUT2D eigenvalue weighted by molar-refractivity contribution is 5.24. The van der Waals surface area contributed by atoms with Gasteiger partial charge in [0.25, 0.3) is 0 Å². The van der Waals surface area contributed by atoms with Crippen molar-refractivity contribution in [1.82, 2.24) is 9.55 Å². The molecule has 2 rings (SSSR count). The molecule has 1 aliphatic carbocycles. The van der Waals surface area contributed by atoms with E-state index in [-0.39, 0.29) is 19.0 Å². The third kappa shape index (κ3) is 2.77. The Bertz CT molecular complexity index is 496. The monoisotopic (exact) mass is 251 g/mol. The van der Waals surface area contributed by atoms with E-state index in [9.17, 15) is 4.79 Å². The molecule has 1 aromatic heterocycles. The van der Waals surface area contributed by atoms with Crippen molar-refractivity contribution in [2.24, 2.45) is 0 Å². The highest BCUT2D eigenvalue weighted by Crippen LogP contribution is 2.28. The minimum atomic E-state index is -0.486. The van der Waals surface area contributed by atoms with Crippen LogP contribution >= 0.6 is 0 Å². The fourth-order valence-electron chi connectivity index (χ4n) is 2.05. The third-order valence-corrected chi connectivity index (χ3v) is 2.86. The van der Waals surface area contributed by atoms with Gasteiger partial charge in [0.1, 0.15) is 5.82 Å². The molecule has 0 saturated heterocycles. The molecule has 0 saturated carbocycles. The predicted molar refractivity (Wildman–Crippen MR) is 66.9 cm³/mol. The van der Waals surface area contributed by atoms with Gasteiger partial charge in [-0.25, -0.2) is 4.79 Å². The van der Waals surface area contributed by atoms with Crippen molar-refractivity contribution >= 4 is 5.82 Å². The van der Waals surface area contributed by atoms with Crippen LogP contribution in [-0.2, 0) is 4.74 Å². The van der Waals surface area contributed by atoms with Crippen LogP contribution in [0.4, 0.5) is 5.82 Å². The Kier molecular flexibility index (Phi) is 4.11. The van der Waals surface area contributed by atoms with E-state index in [0.717, 1.165) is 24.8 Å². The normalized spacial score (nSPS) is 16.6. The molecule has 0 spiro atoms. The van der Waals surface area contributed by atoms with Crippen LogP contribution in [0.1, 0.15) is 25.5 Å². The first kappa shape index (κ1) is 12.8. The van der Waals surface area contributed by atoms with Crippen LogP contribution in [0.2, 0.25) is 0 Å². The van der Waals surface area contributed by atoms with Gasteiger partial charge >= 0.3 is 5.69 Å². The zero-order valence-electron chi connectivity index (χ0n) is 10.1. The zero-order chi connectivity index (χ0) is 13.0. The standard InChI is InChI=1S/C12H17N3O3/c13-10-5-6-15(12(17)14-10)11(18-8-7-16)9-3-1-2-4-9/h3,5-6,11,16H,1-2,4,7-8H2,(H2,13,14,17). The van der Waals surface area contributed by atoms with Gasteiger partial charge in [-0.05, 0) is 30.9 Å². The summed E-state index contributed by atoms with van der Waals surface area (Å²) in [6.45, 7) is 0.0970. The number of aliphatic hydroxyl groups is 1. The number of hydrogen-bond acceptors (Lipinski definition) is 5. The molecular formula is C12H17N3O3. The SMILES string of the molecule is Nc1ccn(C(OCCO)C2=CCCC2)c(=O)n1. The molecule has 0 amide bonds. The summed E-state index contributed by atoms with van der Waals surface area (Å²) in [7, 11) is 0. The summed E-state index contributed by atoms with van der Waals surface area (Å²) < 4.78 is 6.95. The molecule has 98 valence electrons. The summed E-state index contributed by atoms with van der Waals surface area (Å²) >= 11 is 0. The van der Waals surface area contributed by atoms with Gasteiger partial charge in [0, 0.05) is 6.20 Å². The van der Waals surface area contributed by atoms with E-state index < -0.39 is 11.9 Å². The molecule has 1 aromatic rings. The molecule has 1 atom stereocenters. The van der Waals surface area contributed by atoms with E-state index in [1.165, 1.54) is 4.57 Å². The van der Waals surface area contributed by atoms with Crippen molar-refractivity contribution in [3.8, 4) is 0 Å². The molecule has 1 unspecified atom stereocenters. The number of anilines is 1. The number of nitrogens with two attached hydrogens (primary N) is 1. The maximum absolute atomic E-state index is 11.8. The summed E-state index contributed by atoms with van der Waals surface area (Å²) in [6.07, 6.45) is 6.11. The van der Waals surface area contributed by atoms with Crippen molar-refractivity contribution in [2.45, 2.75) is 25.5 Å². The first-order valence-corrected chi connectivity index (χ1v) is 5.98. The van der Waals surface area contributed by atoms with Crippen molar-refractivity contribution in [3.05, 3.63) is 34.4 Å². The van der Waals surface area contributed by atoms with Crippen molar-refractivity contribution in [2.75, 3.05) is 18.9 Å². The van der Waals surface area contributed by atoms with Crippen LogP contribution in [0.15, 0.2) is 28.7 Å². The van der Waals surface area contributed by atoms with Crippen molar-refractivity contribution in [1.29, 1.82) is 0 Å². The lowest BCUT2D eigenvalue weighted by Crippen LogP contribution is -2.30. The molecule has 3 N–H and O–H groups in total. The molecule has 6 heteroatoms. The van der Waals surface area contributed by atoms with Gasteiger partial charge < -0.3 is 15.6 Å². The fourth-order valence-corrected chi connectivity index (χ4v) is 2.05. The van der Waals surface area contributed by atoms with Gasteiger partial charge in [0.15, 0.2) is 6.23 Å². The second-order valence-corrected chi connectivity index (χ2v) is 4.16. The Morgan fingerprint density at radius 1 is 1.61 bits per heavy atom. The van der Waals surface area contributed by atoms with Crippen LogP contribution < -0.4 is 11.4 Å². The van der Waals surface area contributed by atoms with Crippen molar-refractivity contribution in [3.63, 3.8) is 0 Å². The zero-order valence-corrected chi connectivity index (χ0v) is 10.1. The van der Waals surface area contributed by atoms with Crippen molar-refractivity contribution < 1.29 is 9.84 Å². The van der Waals surface area contributed by atoms with Crippen LogP contribution in [0.3, 0.4) is 0 Å². The number of allylic oxidation sites excluding steroid dienone is 1. The minimum Gasteiger partial charge on any atom is -0.394 e. The first-order valence-electron chi connectivity index (χ1n) is 5.98. The van der Waals surface area contributed by atoms with Crippen LogP contribution in [0.5, 0.6) is 0 Å². The second-order valence-electron chi connectivity index (χ2n) is 4.16. The molecule has 6 nitrogen and oxygen atoms in total. The van der Waals surface area contributed by atoms with E-state index in [2.05, 4.69) is 11.1 Å². The van der Waals surface area contributed by atoms with E-state index in [4.69, 9.17) is 15.6 Å². The van der Waals surface area contributed by atoms with E-state index in [0.29, 0.717) is 0 Å². The molecule has 0 radical (unpaired) electrons. The lowest BCUT2D eigenvalue weighted by atomic mass is 10.2. The second kappa shape index (κ2) is 5.79. The minimum absolute atomic E-state index is 0.0824. The molecule has 18 heavy (non-hydrogen) atoms. The average Bonchev–Trinajstić information content (AvgIpc) is 2.85. The summed E-state index contributed by atoms with van der Waals surface area (Å²) in [4.78, 5) is 15.5. The quantitative estimate of drug-likeness (QED) is 0.741. The number of hydrogen-bond donors (Lipinski definition) is 2. The van der Waals surface area contributed by atoms with Crippen LogP contribution in [0.25, 0.3) is 0 Å². The maximum atomic E-state index is 11.8.